The molecule has 2 aromatic rings. The fourth-order valence-electron chi connectivity index (χ4n) is 1.90. The zero-order valence-corrected chi connectivity index (χ0v) is 9.99. The van der Waals surface area contributed by atoms with Gasteiger partial charge in [0.15, 0.2) is 0 Å². The van der Waals surface area contributed by atoms with Crippen LogP contribution in [-0.4, -0.2) is 9.55 Å². The zero-order valence-electron chi connectivity index (χ0n) is 9.99. The van der Waals surface area contributed by atoms with E-state index in [1.54, 1.807) is 0 Å². The molecule has 0 aliphatic carbocycles. The Bertz CT molecular complexity index is 495. The number of hydrogen-bond donors (Lipinski definition) is 1. The van der Waals surface area contributed by atoms with Crippen molar-refractivity contribution in [1.29, 1.82) is 0 Å². The summed E-state index contributed by atoms with van der Waals surface area (Å²) in [6.45, 7) is 6.99. The molecule has 1 aromatic carbocycles. The van der Waals surface area contributed by atoms with Crippen LogP contribution in [0.1, 0.15) is 18.3 Å². The van der Waals surface area contributed by atoms with Gasteiger partial charge in [-0.3, -0.25) is 0 Å². The molecule has 3 nitrogen and oxygen atoms in total. The van der Waals surface area contributed by atoms with Gasteiger partial charge in [0.05, 0.1) is 0 Å². The number of imidazole rings is 1. The second kappa shape index (κ2) is 4.00. The Morgan fingerprint density at radius 1 is 1.19 bits per heavy atom. The average Bonchev–Trinajstić information content (AvgIpc) is 2.55. The topological polar surface area (TPSA) is 43.8 Å². The molecule has 0 radical (unpaired) electrons. The highest BCUT2D eigenvalue weighted by atomic mass is 15.1. The van der Waals surface area contributed by atoms with Crippen molar-refractivity contribution < 1.29 is 0 Å². The van der Waals surface area contributed by atoms with E-state index < -0.39 is 0 Å². The van der Waals surface area contributed by atoms with Gasteiger partial charge in [-0.25, -0.2) is 4.98 Å². The molecule has 0 saturated carbocycles. The van der Waals surface area contributed by atoms with Crippen molar-refractivity contribution >= 4 is 5.82 Å². The van der Waals surface area contributed by atoms with Crippen molar-refractivity contribution in [2.24, 2.45) is 0 Å². The molecular formula is C13H17N3. The second-order valence-corrected chi connectivity index (χ2v) is 4.00. The number of anilines is 1. The summed E-state index contributed by atoms with van der Waals surface area (Å²) < 4.78 is 2.02. The Morgan fingerprint density at radius 3 is 2.31 bits per heavy atom. The Balaban J connectivity index is 2.52. The van der Waals surface area contributed by atoms with E-state index in [0.29, 0.717) is 0 Å². The van der Waals surface area contributed by atoms with E-state index in [1.807, 2.05) is 11.5 Å². The summed E-state index contributed by atoms with van der Waals surface area (Å²) in [5, 5.41) is 0. The van der Waals surface area contributed by atoms with E-state index in [-0.39, 0.29) is 0 Å². The van der Waals surface area contributed by atoms with Gasteiger partial charge in [0.2, 0.25) is 0 Å². The van der Waals surface area contributed by atoms with E-state index in [0.717, 1.165) is 29.4 Å². The summed E-state index contributed by atoms with van der Waals surface area (Å²) in [6.07, 6.45) is 0. The molecular weight excluding hydrogens is 198 g/mol. The molecule has 0 amide bonds. The lowest BCUT2D eigenvalue weighted by molar-refractivity contribution is 0.739. The standard InChI is InChI=1S/C13H17N3/c1-4-16-10(3)15-12(13(16)14)11-7-5-9(2)6-8-11/h5-8H,4,14H2,1-3H3. The molecule has 2 N–H and O–H groups in total. The summed E-state index contributed by atoms with van der Waals surface area (Å²) in [4.78, 5) is 4.52. The predicted molar refractivity (Wildman–Crippen MR) is 67.2 cm³/mol. The molecule has 0 saturated heterocycles. The van der Waals surface area contributed by atoms with Crippen molar-refractivity contribution in [3.05, 3.63) is 35.7 Å². The molecule has 0 aliphatic heterocycles. The van der Waals surface area contributed by atoms with Crippen LogP contribution in [-0.2, 0) is 6.54 Å². The van der Waals surface area contributed by atoms with E-state index in [1.165, 1.54) is 5.56 Å². The van der Waals surface area contributed by atoms with Crippen molar-refractivity contribution in [3.8, 4) is 11.3 Å². The fraction of sp³-hybridized carbons (Fsp3) is 0.308. The molecule has 1 aromatic heterocycles. The maximum absolute atomic E-state index is 6.09. The van der Waals surface area contributed by atoms with Gasteiger partial charge in [-0.05, 0) is 20.8 Å². The normalized spacial score (nSPS) is 10.7. The lowest BCUT2D eigenvalue weighted by Crippen LogP contribution is -2.02. The summed E-state index contributed by atoms with van der Waals surface area (Å²) >= 11 is 0. The lowest BCUT2D eigenvalue weighted by atomic mass is 10.1. The van der Waals surface area contributed by atoms with Crippen LogP contribution >= 0.6 is 0 Å². The van der Waals surface area contributed by atoms with Crippen LogP contribution in [0.4, 0.5) is 5.82 Å². The Labute approximate surface area is 95.9 Å². The van der Waals surface area contributed by atoms with Crippen molar-refractivity contribution in [2.75, 3.05) is 5.73 Å². The highest BCUT2D eigenvalue weighted by molar-refractivity contribution is 5.71. The largest absolute Gasteiger partial charge is 0.383 e. The first-order valence-electron chi connectivity index (χ1n) is 5.53. The smallest absolute Gasteiger partial charge is 0.131 e. The first kappa shape index (κ1) is 10.7. The number of rotatable bonds is 2. The summed E-state index contributed by atoms with van der Waals surface area (Å²) in [5.41, 5.74) is 9.30. The van der Waals surface area contributed by atoms with Crippen LogP contribution < -0.4 is 5.73 Å². The van der Waals surface area contributed by atoms with Gasteiger partial charge in [-0.15, -0.1) is 0 Å². The monoisotopic (exact) mass is 215 g/mol. The zero-order chi connectivity index (χ0) is 11.7. The van der Waals surface area contributed by atoms with E-state index >= 15 is 0 Å². The molecule has 2 rings (SSSR count). The van der Waals surface area contributed by atoms with E-state index in [2.05, 4.69) is 43.1 Å². The molecule has 1 heterocycles. The van der Waals surface area contributed by atoms with Gasteiger partial charge < -0.3 is 10.3 Å². The van der Waals surface area contributed by atoms with Gasteiger partial charge in [-0.1, -0.05) is 29.8 Å². The van der Waals surface area contributed by atoms with Crippen LogP contribution in [0.2, 0.25) is 0 Å². The maximum atomic E-state index is 6.09. The predicted octanol–water partition coefficient (Wildman–Crippen LogP) is 2.77. The van der Waals surface area contributed by atoms with Crippen molar-refractivity contribution in [3.63, 3.8) is 0 Å². The number of hydrogen-bond acceptors (Lipinski definition) is 2. The van der Waals surface area contributed by atoms with Crippen LogP contribution in [0, 0.1) is 13.8 Å². The minimum absolute atomic E-state index is 0.754. The molecule has 0 fully saturated rings. The highest BCUT2D eigenvalue weighted by Gasteiger charge is 2.11. The minimum atomic E-state index is 0.754. The summed E-state index contributed by atoms with van der Waals surface area (Å²) in [5.74, 6) is 1.72. The van der Waals surface area contributed by atoms with Crippen LogP contribution in [0.25, 0.3) is 11.3 Å². The maximum Gasteiger partial charge on any atom is 0.131 e. The van der Waals surface area contributed by atoms with Gasteiger partial charge in [0.1, 0.15) is 17.3 Å². The molecule has 0 bridgehead atoms. The number of nitrogens with zero attached hydrogens (tertiary/aromatic N) is 2. The second-order valence-electron chi connectivity index (χ2n) is 4.00. The number of aryl methyl sites for hydroxylation is 2. The number of aromatic nitrogens is 2. The van der Waals surface area contributed by atoms with Gasteiger partial charge in [-0.2, -0.15) is 0 Å². The fourth-order valence-corrected chi connectivity index (χ4v) is 1.90. The lowest BCUT2D eigenvalue weighted by Gasteiger charge is -2.03. The first-order valence-corrected chi connectivity index (χ1v) is 5.53. The van der Waals surface area contributed by atoms with Crippen LogP contribution in [0.3, 0.4) is 0 Å². The third-order valence-electron chi connectivity index (χ3n) is 2.84. The van der Waals surface area contributed by atoms with Gasteiger partial charge >= 0.3 is 0 Å². The number of benzene rings is 1. The SMILES string of the molecule is CCn1c(C)nc(-c2ccc(C)cc2)c1N. The van der Waals surface area contributed by atoms with E-state index in [9.17, 15) is 0 Å². The first-order chi connectivity index (χ1) is 7.63. The molecule has 0 spiro atoms. The van der Waals surface area contributed by atoms with Crippen LogP contribution in [0.15, 0.2) is 24.3 Å². The number of nitrogen functional groups attached to an aromatic ring is 1. The van der Waals surface area contributed by atoms with Crippen molar-refractivity contribution in [2.45, 2.75) is 27.3 Å². The third-order valence-corrected chi connectivity index (χ3v) is 2.84. The Morgan fingerprint density at radius 2 is 1.81 bits per heavy atom. The highest BCUT2D eigenvalue weighted by Crippen LogP contribution is 2.26. The molecule has 0 aliphatic rings. The van der Waals surface area contributed by atoms with Gasteiger partial charge in [0.25, 0.3) is 0 Å². The summed E-state index contributed by atoms with van der Waals surface area (Å²) in [7, 11) is 0. The Hall–Kier alpha value is -1.77. The average molecular weight is 215 g/mol. The van der Waals surface area contributed by atoms with Crippen molar-refractivity contribution in [1.82, 2.24) is 9.55 Å². The molecule has 84 valence electrons. The number of nitrogens with two attached hydrogens (primary N) is 1. The molecule has 3 heteroatoms. The molecule has 0 atom stereocenters. The Kier molecular flexibility index (Phi) is 2.69. The molecule has 16 heavy (non-hydrogen) atoms. The quantitative estimate of drug-likeness (QED) is 0.837. The summed E-state index contributed by atoms with van der Waals surface area (Å²) in [6, 6.07) is 8.28. The van der Waals surface area contributed by atoms with Gasteiger partial charge in [0, 0.05) is 12.1 Å². The van der Waals surface area contributed by atoms with Crippen LogP contribution in [0.5, 0.6) is 0 Å². The third kappa shape index (κ3) is 1.69. The molecule has 0 unspecified atom stereocenters. The van der Waals surface area contributed by atoms with E-state index in [4.69, 9.17) is 5.73 Å². The minimum Gasteiger partial charge on any atom is -0.383 e.